The fraction of sp³-hybridized carbons (Fsp3) is 0.455. The van der Waals surface area contributed by atoms with Crippen LogP contribution >= 0.6 is 0 Å². The molecule has 6 heteroatoms. The number of esters is 1. The Labute approximate surface area is 167 Å². The van der Waals surface area contributed by atoms with E-state index in [1.165, 1.54) is 0 Å². The number of nitrogens with zero attached hydrogens (tertiary/aromatic N) is 2. The Balaban J connectivity index is 2.68. The van der Waals surface area contributed by atoms with E-state index in [2.05, 4.69) is 30.6 Å². The van der Waals surface area contributed by atoms with E-state index in [1.54, 1.807) is 17.9 Å². The van der Waals surface area contributed by atoms with Gasteiger partial charge in [0.25, 0.3) is 0 Å². The predicted octanol–water partition coefficient (Wildman–Crippen LogP) is 3.41. The molecule has 6 nitrogen and oxygen atoms in total. The molecule has 0 aliphatic carbocycles. The van der Waals surface area contributed by atoms with Gasteiger partial charge in [0.1, 0.15) is 0 Å². The first kappa shape index (κ1) is 21.7. The number of hydrogen-bond acceptors (Lipinski definition) is 4. The van der Waals surface area contributed by atoms with Crippen LogP contribution < -0.4 is 5.32 Å². The number of carbonyl (C=O) groups excluding carboxylic acids is 2. The van der Waals surface area contributed by atoms with Gasteiger partial charge in [-0.15, -0.1) is 6.58 Å². The highest BCUT2D eigenvalue weighted by molar-refractivity contribution is 5.95. The minimum atomic E-state index is -0.542. The molecule has 1 N–H and O–H groups in total. The van der Waals surface area contributed by atoms with Crippen molar-refractivity contribution in [3.8, 4) is 0 Å². The summed E-state index contributed by atoms with van der Waals surface area (Å²) >= 11 is 0. The molecule has 1 aromatic carbocycles. The Bertz CT molecular complexity index is 753. The molecule has 0 saturated heterocycles. The highest BCUT2D eigenvalue weighted by Gasteiger charge is 2.38. The van der Waals surface area contributed by atoms with Crippen LogP contribution in [0, 0.1) is 6.92 Å². The van der Waals surface area contributed by atoms with Crippen LogP contribution in [0.25, 0.3) is 0 Å². The van der Waals surface area contributed by atoms with E-state index >= 15 is 0 Å². The van der Waals surface area contributed by atoms with Crippen LogP contribution in [-0.4, -0.2) is 54.6 Å². The lowest BCUT2D eigenvalue weighted by molar-refractivity contribution is -0.139. The molecule has 0 saturated carbocycles. The highest BCUT2D eigenvalue weighted by atomic mass is 16.5. The number of benzene rings is 1. The molecule has 2 amide bonds. The molecule has 1 aliphatic rings. The molecule has 1 heterocycles. The second-order valence-electron chi connectivity index (χ2n) is 6.68. The summed E-state index contributed by atoms with van der Waals surface area (Å²) in [5, 5.41) is 3.00. The maximum Gasteiger partial charge on any atom is 0.338 e. The fourth-order valence-corrected chi connectivity index (χ4v) is 3.45. The Kier molecular flexibility index (Phi) is 7.81. The molecular formula is C22H31N3O3. The number of aryl methyl sites for hydroxylation is 1. The SMILES string of the molecule is C=CCN1C(=O)NC(c2ccccc2C)C(C(=O)OCC)=C1CN(CC)CC. The van der Waals surface area contributed by atoms with E-state index in [0.717, 1.165) is 24.2 Å². The van der Waals surface area contributed by atoms with Gasteiger partial charge in [-0.3, -0.25) is 9.80 Å². The van der Waals surface area contributed by atoms with Crippen molar-refractivity contribution in [2.45, 2.75) is 33.7 Å². The lowest BCUT2D eigenvalue weighted by Gasteiger charge is -2.38. The van der Waals surface area contributed by atoms with Crippen LogP contribution in [0.2, 0.25) is 0 Å². The van der Waals surface area contributed by atoms with Crippen LogP contribution in [0.3, 0.4) is 0 Å². The van der Waals surface area contributed by atoms with Gasteiger partial charge in [0, 0.05) is 18.8 Å². The maximum atomic E-state index is 13.0. The van der Waals surface area contributed by atoms with Crippen LogP contribution in [0.15, 0.2) is 48.2 Å². The summed E-state index contributed by atoms with van der Waals surface area (Å²) in [6.07, 6.45) is 1.67. The van der Waals surface area contributed by atoms with Crippen molar-refractivity contribution < 1.29 is 14.3 Å². The van der Waals surface area contributed by atoms with E-state index in [-0.39, 0.29) is 12.6 Å². The molecule has 1 aromatic rings. The topological polar surface area (TPSA) is 61.9 Å². The Hall–Kier alpha value is -2.60. The van der Waals surface area contributed by atoms with Gasteiger partial charge in [-0.1, -0.05) is 44.2 Å². The number of amides is 2. The Morgan fingerprint density at radius 2 is 1.96 bits per heavy atom. The summed E-state index contributed by atoms with van der Waals surface area (Å²) in [7, 11) is 0. The average molecular weight is 386 g/mol. The standard InChI is InChI=1S/C22H31N3O3/c1-6-14-25-18(15-24(7-2)8-3)19(21(26)28-9-4)20(23-22(25)27)17-13-11-10-12-16(17)5/h6,10-13,20H,1,7-9,14-15H2,2-5H3,(H,23,27). The van der Waals surface area contributed by atoms with Crippen LogP contribution in [0.1, 0.15) is 37.9 Å². The molecule has 152 valence electrons. The fourth-order valence-electron chi connectivity index (χ4n) is 3.45. The first-order chi connectivity index (χ1) is 13.5. The first-order valence-electron chi connectivity index (χ1n) is 9.85. The molecular weight excluding hydrogens is 354 g/mol. The molecule has 0 aromatic heterocycles. The lowest BCUT2D eigenvalue weighted by atomic mass is 9.91. The van der Waals surface area contributed by atoms with Crippen molar-refractivity contribution in [1.29, 1.82) is 0 Å². The lowest BCUT2D eigenvalue weighted by Crippen LogP contribution is -2.51. The normalized spacial score (nSPS) is 17.0. The monoisotopic (exact) mass is 385 g/mol. The molecule has 2 rings (SSSR count). The molecule has 1 aliphatic heterocycles. The second kappa shape index (κ2) is 10.1. The number of urea groups is 1. The molecule has 0 bridgehead atoms. The Morgan fingerprint density at radius 1 is 1.29 bits per heavy atom. The summed E-state index contributed by atoms with van der Waals surface area (Å²) in [4.78, 5) is 29.7. The third kappa shape index (κ3) is 4.62. The second-order valence-corrected chi connectivity index (χ2v) is 6.68. The van der Waals surface area contributed by atoms with E-state index in [1.807, 2.05) is 31.2 Å². The van der Waals surface area contributed by atoms with E-state index in [9.17, 15) is 9.59 Å². The van der Waals surface area contributed by atoms with Crippen LogP contribution in [-0.2, 0) is 9.53 Å². The van der Waals surface area contributed by atoms with Gasteiger partial charge >= 0.3 is 12.0 Å². The quantitative estimate of drug-likeness (QED) is 0.523. The minimum absolute atomic E-state index is 0.233. The number of carbonyl (C=O) groups is 2. The van der Waals surface area contributed by atoms with Gasteiger partial charge in [-0.2, -0.15) is 0 Å². The van der Waals surface area contributed by atoms with Gasteiger partial charge in [-0.05, 0) is 38.1 Å². The van der Waals surface area contributed by atoms with Crippen molar-refractivity contribution in [3.05, 3.63) is 59.3 Å². The average Bonchev–Trinajstić information content (AvgIpc) is 2.68. The molecule has 0 radical (unpaired) electrons. The van der Waals surface area contributed by atoms with Crippen molar-refractivity contribution in [2.75, 3.05) is 32.8 Å². The van der Waals surface area contributed by atoms with E-state index < -0.39 is 12.0 Å². The number of rotatable bonds is 9. The summed E-state index contributed by atoms with van der Waals surface area (Å²) in [5.74, 6) is -0.396. The zero-order valence-electron chi connectivity index (χ0n) is 17.3. The maximum absolute atomic E-state index is 13.0. The van der Waals surface area contributed by atoms with Gasteiger partial charge < -0.3 is 10.1 Å². The third-order valence-corrected chi connectivity index (χ3v) is 5.01. The van der Waals surface area contributed by atoms with Gasteiger partial charge in [0.15, 0.2) is 0 Å². The Morgan fingerprint density at radius 3 is 2.54 bits per heavy atom. The molecule has 1 unspecified atom stereocenters. The first-order valence-corrected chi connectivity index (χ1v) is 9.85. The van der Waals surface area contributed by atoms with Crippen molar-refractivity contribution >= 4 is 12.0 Å². The minimum Gasteiger partial charge on any atom is -0.463 e. The third-order valence-electron chi connectivity index (χ3n) is 5.01. The van der Waals surface area contributed by atoms with Crippen LogP contribution in [0.5, 0.6) is 0 Å². The number of ether oxygens (including phenoxy) is 1. The van der Waals surface area contributed by atoms with Gasteiger partial charge in [0.2, 0.25) is 0 Å². The smallest absolute Gasteiger partial charge is 0.338 e. The molecule has 1 atom stereocenters. The zero-order valence-corrected chi connectivity index (χ0v) is 17.3. The number of hydrogen-bond donors (Lipinski definition) is 1. The highest BCUT2D eigenvalue weighted by Crippen LogP contribution is 2.33. The zero-order chi connectivity index (χ0) is 20.7. The van der Waals surface area contributed by atoms with Gasteiger partial charge in [0.05, 0.1) is 18.2 Å². The van der Waals surface area contributed by atoms with Crippen molar-refractivity contribution in [3.63, 3.8) is 0 Å². The van der Waals surface area contributed by atoms with E-state index in [0.29, 0.717) is 24.4 Å². The predicted molar refractivity (Wildman–Crippen MR) is 111 cm³/mol. The van der Waals surface area contributed by atoms with Gasteiger partial charge in [-0.25, -0.2) is 9.59 Å². The summed E-state index contributed by atoms with van der Waals surface area (Å²) in [6.45, 7) is 14.4. The van der Waals surface area contributed by atoms with Crippen molar-refractivity contribution in [2.24, 2.45) is 0 Å². The summed E-state index contributed by atoms with van der Waals surface area (Å²) in [5.41, 5.74) is 3.08. The van der Waals surface area contributed by atoms with E-state index in [4.69, 9.17) is 4.74 Å². The molecule has 0 spiro atoms. The number of nitrogens with one attached hydrogen (secondary N) is 1. The largest absolute Gasteiger partial charge is 0.463 e. The molecule has 0 fully saturated rings. The summed E-state index contributed by atoms with van der Waals surface area (Å²) in [6, 6.07) is 7.00. The van der Waals surface area contributed by atoms with Crippen LogP contribution in [0.4, 0.5) is 4.79 Å². The number of likely N-dealkylation sites (N-methyl/N-ethyl adjacent to an activating group) is 1. The summed E-state index contributed by atoms with van der Waals surface area (Å²) < 4.78 is 5.39. The molecule has 28 heavy (non-hydrogen) atoms. The van der Waals surface area contributed by atoms with Crippen molar-refractivity contribution in [1.82, 2.24) is 15.1 Å².